The maximum absolute atomic E-state index is 13.4. The second kappa shape index (κ2) is 13.3. The molecule has 2 aromatic carbocycles. The van der Waals surface area contributed by atoms with Crippen molar-refractivity contribution in [3.05, 3.63) is 59.7 Å². The van der Waals surface area contributed by atoms with Gasteiger partial charge in [-0.3, -0.25) is 9.59 Å². The summed E-state index contributed by atoms with van der Waals surface area (Å²) in [7, 11) is 0. The lowest BCUT2D eigenvalue weighted by molar-refractivity contribution is -0.143. The van der Waals surface area contributed by atoms with Crippen LogP contribution in [0.4, 0.5) is 0 Å². The molecule has 0 radical (unpaired) electrons. The minimum atomic E-state index is -1.09. The Kier molecular flexibility index (Phi) is 10.4. The molecule has 0 heterocycles. The van der Waals surface area contributed by atoms with E-state index in [4.69, 9.17) is 4.74 Å². The summed E-state index contributed by atoms with van der Waals surface area (Å²) in [5.74, 6) is -0.115. The number of rotatable bonds is 11. The molecular formula is C33H46N2O5. The molecule has 2 aromatic rings. The van der Waals surface area contributed by atoms with E-state index in [1.165, 1.54) is 5.56 Å². The van der Waals surface area contributed by atoms with Crippen LogP contribution in [0.2, 0.25) is 0 Å². The van der Waals surface area contributed by atoms with Crippen LogP contribution in [0.25, 0.3) is 0 Å². The molecular weight excluding hydrogens is 504 g/mol. The number of carboxylic acid groups (broad SMARTS) is 1. The van der Waals surface area contributed by atoms with Crippen LogP contribution in [0.3, 0.4) is 0 Å². The van der Waals surface area contributed by atoms with Gasteiger partial charge in [0.1, 0.15) is 23.6 Å². The number of benzene rings is 2. The van der Waals surface area contributed by atoms with Gasteiger partial charge in [0, 0.05) is 12.8 Å². The zero-order valence-corrected chi connectivity index (χ0v) is 24.9. The Morgan fingerprint density at radius 1 is 0.900 bits per heavy atom. The highest BCUT2D eigenvalue weighted by molar-refractivity contribution is 5.90. The van der Waals surface area contributed by atoms with E-state index < -0.39 is 24.0 Å². The van der Waals surface area contributed by atoms with Crippen LogP contribution in [0.15, 0.2) is 48.5 Å². The number of carbonyl (C=O) groups is 3. The van der Waals surface area contributed by atoms with E-state index in [0.717, 1.165) is 31.2 Å². The van der Waals surface area contributed by atoms with E-state index in [1.807, 2.05) is 57.2 Å². The van der Waals surface area contributed by atoms with Crippen molar-refractivity contribution in [1.82, 2.24) is 10.6 Å². The Morgan fingerprint density at radius 2 is 1.55 bits per heavy atom. The van der Waals surface area contributed by atoms with E-state index in [-0.39, 0.29) is 29.6 Å². The molecule has 2 amide bonds. The van der Waals surface area contributed by atoms with Crippen molar-refractivity contribution in [2.45, 2.75) is 104 Å². The summed E-state index contributed by atoms with van der Waals surface area (Å²) in [6.07, 6.45) is 5.15. The van der Waals surface area contributed by atoms with Crippen LogP contribution in [-0.2, 0) is 26.2 Å². The van der Waals surface area contributed by atoms with Crippen molar-refractivity contribution in [2.75, 3.05) is 0 Å². The maximum Gasteiger partial charge on any atom is 0.326 e. The molecule has 1 saturated carbocycles. The fraction of sp³-hybridized carbons (Fsp3) is 0.545. The van der Waals surface area contributed by atoms with Crippen molar-refractivity contribution in [3.63, 3.8) is 0 Å². The Bertz CT molecular complexity index is 1150. The molecule has 3 N–H and O–H groups in total. The first-order valence-electron chi connectivity index (χ1n) is 14.4. The molecule has 1 aliphatic rings. The van der Waals surface area contributed by atoms with E-state index in [0.29, 0.717) is 23.8 Å². The first kappa shape index (κ1) is 31.2. The summed E-state index contributed by atoms with van der Waals surface area (Å²) < 4.78 is 6.08. The van der Waals surface area contributed by atoms with Crippen molar-refractivity contribution >= 4 is 17.8 Å². The monoisotopic (exact) mass is 550 g/mol. The molecule has 7 nitrogen and oxygen atoms in total. The van der Waals surface area contributed by atoms with Gasteiger partial charge in [-0.2, -0.15) is 0 Å². The third-order valence-electron chi connectivity index (χ3n) is 7.33. The molecule has 218 valence electrons. The summed E-state index contributed by atoms with van der Waals surface area (Å²) >= 11 is 0. The van der Waals surface area contributed by atoms with Gasteiger partial charge in [-0.25, -0.2) is 4.79 Å². The highest BCUT2D eigenvalue weighted by atomic mass is 16.5. The summed E-state index contributed by atoms with van der Waals surface area (Å²) in [4.78, 5) is 38.2. The Hall–Kier alpha value is -3.35. The van der Waals surface area contributed by atoms with E-state index >= 15 is 0 Å². The molecule has 40 heavy (non-hydrogen) atoms. The van der Waals surface area contributed by atoms with Crippen LogP contribution >= 0.6 is 0 Å². The number of carboxylic acids is 1. The van der Waals surface area contributed by atoms with Gasteiger partial charge in [0.15, 0.2) is 0 Å². The Labute approximate surface area is 239 Å². The van der Waals surface area contributed by atoms with E-state index in [2.05, 4.69) is 43.5 Å². The minimum absolute atomic E-state index is 0.0444. The van der Waals surface area contributed by atoms with E-state index in [9.17, 15) is 19.5 Å². The predicted molar refractivity (Wildman–Crippen MR) is 158 cm³/mol. The summed E-state index contributed by atoms with van der Waals surface area (Å²) in [5.41, 5.74) is 1.76. The van der Waals surface area contributed by atoms with Gasteiger partial charge in [0.25, 0.3) is 0 Å². The SMILES string of the molecule is CC(C)(C)C[C@H](NC(=O)C(Cc1cccc(Oc2ccc(C(C)(C)C)cc2)c1)NC(=O)CC1CCCC1)C(=O)O. The second-order valence-corrected chi connectivity index (χ2v) is 13.4. The Morgan fingerprint density at radius 3 is 2.12 bits per heavy atom. The van der Waals surface area contributed by atoms with Gasteiger partial charge < -0.3 is 20.5 Å². The van der Waals surface area contributed by atoms with Crippen molar-refractivity contribution in [2.24, 2.45) is 11.3 Å². The van der Waals surface area contributed by atoms with Gasteiger partial charge >= 0.3 is 5.97 Å². The van der Waals surface area contributed by atoms with Gasteiger partial charge in [-0.15, -0.1) is 0 Å². The molecule has 1 unspecified atom stereocenters. The highest BCUT2D eigenvalue weighted by Gasteiger charge is 2.30. The Balaban J connectivity index is 1.76. The van der Waals surface area contributed by atoms with Crippen LogP contribution in [-0.4, -0.2) is 35.0 Å². The van der Waals surface area contributed by atoms with Crippen LogP contribution in [0, 0.1) is 11.3 Å². The molecule has 2 atom stereocenters. The van der Waals surface area contributed by atoms with Gasteiger partial charge in [0.05, 0.1) is 0 Å². The maximum atomic E-state index is 13.4. The smallest absolute Gasteiger partial charge is 0.326 e. The standard InChI is InChI=1S/C33H46N2O5/c1-32(2,3)21-28(31(38)39)35-30(37)27(34-29(36)20-22-10-7-8-11-22)19-23-12-9-13-26(18-23)40-25-16-14-24(15-17-25)33(4,5)6/h9,12-18,22,27-28H,7-8,10-11,19-21H2,1-6H3,(H,34,36)(H,35,37)(H,38,39)/t27?,28-/m0/s1. The highest BCUT2D eigenvalue weighted by Crippen LogP contribution is 2.29. The van der Waals surface area contributed by atoms with Crippen LogP contribution in [0.5, 0.6) is 11.5 Å². The first-order chi connectivity index (χ1) is 18.7. The third-order valence-corrected chi connectivity index (χ3v) is 7.33. The third kappa shape index (κ3) is 10.00. The van der Waals surface area contributed by atoms with Crippen LogP contribution in [0.1, 0.15) is 91.2 Å². The van der Waals surface area contributed by atoms with Gasteiger partial charge in [0.2, 0.25) is 11.8 Å². The normalized spacial score (nSPS) is 15.8. The van der Waals surface area contributed by atoms with Crippen molar-refractivity contribution in [1.29, 1.82) is 0 Å². The number of aliphatic carboxylic acids is 1. The predicted octanol–water partition coefficient (Wildman–Crippen LogP) is 6.39. The summed E-state index contributed by atoms with van der Waals surface area (Å²) in [6.45, 7) is 12.3. The van der Waals surface area contributed by atoms with E-state index in [1.54, 1.807) is 0 Å². The fourth-order valence-electron chi connectivity index (χ4n) is 5.15. The molecule has 0 spiro atoms. The molecule has 1 fully saturated rings. The lowest BCUT2D eigenvalue weighted by Gasteiger charge is -2.26. The quantitative estimate of drug-likeness (QED) is 0.301. The summed E-state index contributed by atoms with van der Waals surface area (Å²) in [5, 5.41) is 15.3. The largest absolute Gasteiger partial charge is 0.480 e. The number of hydrogen-bond donors (Lipinski definition) is 3. The fourth-order valence-corrected chi connectivity index (χ4v) is 5.15. The second-order valence-electron chi connectivity index (χ2n) is 13.4. The number of nitrogens with one attached hydrogen (secondary N) is 2. The van der Waals surface area contributed by atoms with Crippen molar-refractivity contribution in [3.8, 4) is 11.5 Å². The molecule has 0 aromatic heterocycles. The van der Waals surface area contributed by atoms with Gasteiger partial charge in [-0.1, -0.05) is 78.6 Å². The molecule has 0 aliphatic heterocycles. The summed E-state index contributed by atoms with van der Waals surface area (Å²) in [6, 6.07) is 13.5. The lowest BCUT2D eigenvalue weighted by atomic mass is 9.87. The van der Waals surface area contributed by atoms with Gasteiger partial charge in [-0.05, 0) is 71.4 Å². The number of carbonyl (C=O) groups excluding carboxylic acids is 2. The lowest BCUT2D eigenvalue weighted by Crippen LogP contribution is -2.53. The number of ether oxygens (including phenoxy) is 1. The molecule has 1 aliphatic carbocycles. The zero-order chi connectivity index (χ0) is 29.5. The molecule has 7 heteroatoms. The average Bonchev–Trinajstić information content (AvgIpc) is 3.35. The van der Waals surface area contributed by atoms with Crippen LogP contribution < -0.4 is 15.4 Å². The molecule has 0 saturated heterocycles. The number of amides is 2. The molecule has 3 rings (SSSR count). The number of hydrogen-bond acceptors (Lipinski definition) is 4. The molecule has 0 bridgehead atoms. The average molecular weight is 551 g/mol. The van der Waals surface area contributed by atoms with Crippen molar-refractivity contribution < 1.29 is 24.2 Å². The zero-order valence-electron chi connectivity index (χ0n) is 24.9. The topological polar surface area (TPSA) is 105 Å². The first-order valence-corrected chi connectivity index (χ1v) is 14.4. The minimum Gasteiger partial charge on any atom is -0.480 e.